The number of rotatable bonds is 6. The van der Waals surface area contributed by atoms with Gasteiger partial charge in [0.25, 0.3) is 0 Å². The number of aromatic nitrogens is 1. The van der Waals surface area contributed by atoms with Gasteiger partial charge in [-0.2, -0.15) is 0 Å². The molecule has 0 amide bonds. The maximum Gasteiger partial charge on any atom is 0.123 e. The molecule has 0 radical (unpaired) electrons. The summed E-state index contributed by atoms with van der Waals surface area (Å²) in [6.07, 6.45) is 8.14. The third kappa shape index (κ3) is 4.44. The van der Waals surface area contributed by atoms with E-state index in [2.05, 4.69) is 24.9 Å². The summed E-state index contributed by atoms with van der Waals surface area (Å²) < 4.78 is 12.9. The summed E-state index contributed by atoms with van der Waals surface area (Å²) in [4.78, 5) is 4.33. The van der Waals surface area contributed by atoms with Crippen LogP contribution in [0.2, 0.25) is 0 Å². The second kappa shape index (κ2) is 7.18. The monoisotopic (exact) mass is 271 g/mol. The first-order chi connectivity index (χ1) is 9.67. The second-order valence-electron chi connectivity index (χ2n) is 5.59. The summed E-state index contributed by atoms with van der Waals surface area (Å²) in [6, 6.07) is 9.07. The maximum atomic E-state index is 12.9. The van der Waals surface area contributed by atoms with Crippen LogP contribution in [0, 0.1) is 11.7 Å². The van der Waals surface area contributed by atoms with E-state index in [1.54, 1.807) is 0 Å². The summed E-state index contributed by atoms with van der Waals surface area (Å²) in [6.45, 7) is 4.42. The minimum Gasteiger partial charge on any atom is -0.264 e. The number of nitrogens with zero attached hydrogens (tertiary/aromatic N) is 1. The average Bonchev–Trinajstić information content (AvgIpc) is 2.42. The molecule has 1 nitrogen and oxygen atoms in total. The van der Waals surface area contributed by atoms with Crippen LogP contribution >= 0.6 is 0 Å². The molecule has 20 heavy (non-hydrogen) atoms. The third-order valence-corrected chi connectivity index (χ3v) is 3.47. The molecule has 106 valence electrons. The number of halogens is 1. The van der Waals surface area contributed by atoms with E-state index in [4.69, 9.17) is 0 Å². The molecule has 1 heterocycles. The van der Waals surface area contributed by atoms with Gasteiger partial charge >= 0.3 is 0 Å². The van der Waals surface area contributed by atoms with Crippen LogP contribution in [0.15, 0.2) is 42.7 Å². The van der Waals surface area contributed by atoms with Crippen LogP contribution in [0.25, 0.3) is 0 Å². The van der Waals surface area contributed by atoms with Gasteiger partial charge in [-0.15, -0.1) is 0 Å². The fraction of sp³-hybridized carbons (Fsp3) is 0.389. The van der Waals surface area contributed by atoms with Gasteiger partial charge < -0.3 is 0 Å². The highest BCUT2D eigenvalue weighted by atomic mass is 19.1. The molecule has 0 spiro atoms. The Bertz CT molecular complexity index is 533. The molecule has 0 bridgehead atoms. The highest BCUT2D eigenvalue weighted by Crippen LogP contribution is 2.15. The lowest BCUT2D eigenvalue weighted by molar-refractivity contribution is 0.573. The van der Waals surface area contributed by atoms with E-state index >= 15 is 0 Å². The third-order valence-electron chi connectivity index (χ3n) is 3.47. The zero-order valence-corrected chi connectivity index (χ0v) is 12.3. The van der Waals surface area contributed by atoms with E-state index < -0.39 is 0 Å². The smallest absolute Gasteiger partial charge is 0.123 e. The molecule has 0 aliphatic carbocycles. The number of hydrogen-bond donors (Lipinski definition) is 0. The zero-order chi connectivity index (χ0) is 14.4. The molecule has 0 saturated carbocycles. The summed E-state index contributed by atoms with van der Waals surface area (Å²) in [5.41, 5.74) is 3.81. The Kier molecular flexibility index (Phi) is 5.28. The molecule has 2 rings (SSSR count). The molecule has 1 atom stereocenters. The predicted octanol–water partition coefficient (Wildman–Crippen LogP) is 4.59. The van der Waals surface area contributed by atoms with Crippen molar-refractivity contribution >= 4 is 0 Å². The van der Waals surface area contributed by atoms with Gasteiger partial charge in [-0.05, 0) is 54.0 Å². The summed E-state index contributed by atoms with van der Waals surface area (Å²) in [7, 11) is 0. The Labute approximate surface area is 120 Å². The van der Waals surface area contributed by atoms with E-state index in [1.807, 2.05) is 24.5 Å². The number of aryl methyl sites for hydroxylation is 1. The largest absolute Gasteiger partial charge is 0.264 e. The highest BCUT2D eigenvalue weighted by molar-refractivity contribution is 5.20. The Balaban J connectivity index is 1.95. The van der Waals surface area contributed by atoms with Crippen molar-refractivity contribution in [1.29, 1.82) is 0 Å². The van der Waals surface area contributed by atoms with Gasteiger partial charge in [-0.1, -0.05) is 38.5 Å². The molecule has 0 fully saturated rings. The number of hydrogen-bond acceptors (Lipinski definition) is 1. The Morgan fingerprint density at radius 2 is 1.65 bits per heavy atom. The molecule has 1 aromatic heterocycles. The van der Waals surface area contributed by atoms with Crippen molar-refractivity contribution < 1.29 is 4.39 Å². The maximum absolute atomic E-state index is 12.9. The lowest BCUT2D eigenvalue weighted by atomic mass is 9.94. The van der Waals surface area contributed by atoms with Crippen molar-refractivity contribution in [3.8, 4) is 0 Å². The molecule has 0 saturated heterocycles. The van der Waals surface area contributed by atoms with E-state index in [-0.39, 0.29) is 5.82 Å². The molecule has 1 aromatic carbocycles. The molecular formula is C18H22FN. The van der Waals surface area contributed by atoms with Crippen LogP contribution in [-0.4, -0.2) is 4.98 Å². The van der Waals surface area contributed by atoms with Crippen LogP contribution in [-0.2, 0) is 19.3 Å². The van der Waals surface area contributed by atoms with Crippen molar-refractivity contribution in [3.05, 3.63) is 65.2 Å². The van der Waals surface area contributed by atoms with Crippen LogP contribution in [0.1, 0.15) is 37.0 Å². The van der Waals surface area contributed by atoms with Crippen molar-refractivity contribution in [1.82, 2.24) is 4.98 Å². The Morgan fingerprint density at radius 3 is 2.35 bits per heavy atom. The van der Waals surface area contributed by atoms with Gasteiger partial charge in [0.05, 0.1) is 0 Å². The van der Waals surface area contributed by atoms with E-state index in [0.717, 1.165) is 25.7 Å². The van der Waals surface area contributed by atoms with Crippen LogP contribution in [0.5, 0.6) is 0 Å². The summed E-state index contributed by atoms with van der Waals surface area (Å²) in [5, 5.41) is 0. The first-order valence-electron chi connectivity index (χ1n) is 7.34. The quantitative estimate of drug-likeness (QED) is 0.748. The predicted molar refractivity (Wildman–Crippen MR) is 81.2 cm³/mol. The van der Waals surface area contributed by atoms with Gasteiger partial charge in [0.1, 0.15) is 5.82 Å². The van der Waals surface area contributed by atoms with Crippen LogP contribution in [0.3, 0.4) is 0 Å². The highest BCUT2D eigenvalue weighted by Gasteiger charge is 2.06. The first kappa shape index (κ1) is 14.7. The lowest BCUT2D eigenvalue weighted by Crippen LogP contribution is -2.05. The van der Waals surface area contributed by atoms with Gasteiger partial charge in [0.15, 0.2) is 0 Å². The molecule has 0 N–H and O–H groups in total. The van der Waals surface area contributed by atoms with Crippen molar-refractivity contribution in [3.63, 3.8) is 0 Å². The van der Waals surface area contributed by atoms with Gasteiger partial charge in [0.2, 0.25) is 0 Å². The van der Waals surface area contributed by atoms with Crippen molar-refractivity contribution in [2.75, 3.05) is 0 Å². The van der Waals surface area contributed by atoms with Gasteiger partial charge in [0, 0.05) is 12.4 Å². The Hall–Kier alpha value is -1.70. The standard InChI is InChI=1S/C18H22FN/c1-3-4-16-11-17(13-20-12-16)10-14(2)9-15-5-7-18(19)8-6-15/h5-8,11-14H,3-4,9-10H2,1-2H3. The Morgan fingerprint density at radius 1 is 1.00 bits per heavy atom. The summed E-state index contributed by atoms with van der Waals surface area (Å²) in [5.74, 6) is 0.358. The molecule has 0 aliphatic rings. The molecule has 0 aliphatic heterocycles. The van der Waals surface area contributed by atoms with E-state index in [9.17, 15) is 4.39 Å². The normalized spacial score (nSPS) is 12.3. The minimum absolute atomic E-state index is 0.169. The van der Waals surface area contributed by atoms with E-state index in [0.29, 0.717) is 5.92 Å². The fourth-order valence-electron chi connectivity index (χ4n) is 2.58. The van der Waals surface area contributed by atoms with Crippen LogP contribution < -0.4 is 0 Å². The topological polar surface area (TPSA) is 12.9 Å². The second-order valence-corrected chi connectivity index (χ2v) is 5.59. The summed E-state index contributed by atoms with van der Waals surface area (Å²) >= 11 is 0. The number of pyridine rings is 1. The molecule has 2 heteroatoms. The van der Waals surface area contributed by atoms with Crippen molar-refractivity contribution in [2.45, 2.75) is 39.5 Å². The van der Waals surface area contributed by atoms with Crippen LogP contribution in [0.4, 0.5) is 4.39 Å². The van der Waals surface area contributed by atoms with Gasteiger partial charge in [-0.3, -0.25) is 4.98 Å². The fourth-order valence-corrected chi connectivity index (χ4v) is 2.58. The molecular weight excluding hydrogens is 249 g/mol. The lowest BCUT2D eigenvalue weighted by Gasteiger charge is -2.12. The minimum atomic E-state index is -0.169. The zero-order valence-electron chi connectivity index (χ0n) is 12.3. The first-order valence-corrected chi connectivity index (χ1v) is 7.34. The van der Waals surface area contributed by atoms with Crippen molar-refractivity contribution in [2.24, 2.45) is 5.92 Å². The molecule has 1 unspecified atom stereocenters. The number of benzene rings is 1. The SMILES string of the molecule is CCCc1cncc(CC(C)Cc2ccc(F)cc2)c1. The van der Waals surface area contributed by atoms with E-state index in [1.165, 1.54) is 28.8 Å². The molecule has 2 aromatic rings. The average molecular weight is 271 g/mol. The van der Waals surface area contributed by atoms with Gasteiger partial charge in [-0.25, -0.2) is 4.39 Å².